The summed E-state index contributed by atoms with van der Waals surface area (Å²) in [7, 11) is 2.01. The SMILES string of the molecule is CCCNC(Cc1ccc(C)cc1)c1cn(C)nc1CC. The van der Waals surface area contributed by atoms with Crippen LogP contribution in [0, 0.1) is 6.92 Å². The minimum atomic E-state index is 0.344. The molecule has 0 saturated carbocycles. The first kappa shape index (κ1) is 15.8. The fourth-order valence-corrected chi connectivity index (χ4v) is 2.69. The van der Waals surface area contributed by atoms with Crippen molar-refractivity contribution in [2.45, 2.75) is 46.1 Å². The van der Waals surface area contributed by atoms with Gasteiger partial charge in [-0.15, -0.1) is 0 Å². The average molecular weight is 285 g/mol. The fourth-order valence-electron chi connectivity index (χ4n) is 2.69. The van der Waals surface area contributed by atoms with Crippen LogP contribution in [0.15, 0.2) is 30.5 Å². The highest BCUT2D eigenvalue weighted by Crippen LogP contribution is 2.22. The van der Waals surface area contributed by atoms with Gasteiger partial charge < -0.3 is 5.32 Å². The van der Waals surface area contributed by atoms with E-state index < -0.39 is 0 Å². The lowest BCUT2D eigenvalue weighted by Crippen LogP contribution is -2.24. The minimum Gasteiger partial charge on any atom is -0.310 e. The quantitative estimate of drug-likeness (QED) is 0.843. The van der Waals surface area contributed by atoms with Gasteiger partial charge in [-0.2, -0.15) is 5.10 Å². The van der Waals surface area contributed by atoms with Gasteiger partial charge in [0.1, 0.15) is 0 Å². The van der Waals surface area contributed by atoms with Crippen LogP contribution in [0.1, 0.15) is 48.7 Å². The third kappa shape index (κ3) is 4.18. The maximum atomic E-state index is 4.59. The molecule has 3 nitrogen and oxygen atoms in total. The predicted molar refractivity (Wildman–Crippen MR) is 88.5 cm³/mol. The second-order valence-corrected chi connectivity index (χ2v) is 5.75. The molecule has 1 aromatic carbocycles. The van der Waals surface area contributed by atoms with Crippen LogP contribution in [0.5, 0.6) is 0 Å². The van der Waals surface area contributed by atoms with Gasteiger partial charge >= 0.3 is 0 Å². The molecule has 3 heteroatoms. The van der Waals surface area contributed by atoms with Gasteiger partial charge in [0.25, 0.3) is 0 Å². The molecule has 0 amide bonds. The highest BCUT2D eigenvalue weighted by Gasteiger charge is 2.17. The van der Waals surface area contributed by atoms with E-state index >= 15 is 0 Å². The van der Waals surface area contributed by atoms with Crippen LogP contribution >= 0.6 is 0 Å². The molecule has 1 heterocycles. The van der Waals surface area contributed by atoms with Crippen LogP contribution in [0.4, 0.5) is 0 Å². The number of aromatic nitrogens is 2. The molecule has 2 aromatic rings. The Morgan fingerprint density at radius 1 is 1.19 bits per heavy atom. The molecule has 0 fully saturated rings. The van der Waals surface area contributed by atoms with Gasteiger partial charge in [0.15, 0.2) is 0 Å². The molecule has 1 aromatic heterocycles. The highest BCUT2D eigenvalue weighted by molar-refractivity contribution is 5.27. The molecule has 0 saturated heterocycles. The number of aryl methyl sites for hydroxylation is 3. The Balaban J connectivity index is 2.22. The molecule has 0 aliphatic carbocycles. The second kappa shape index (κ2) is 7.41. The largest absolute Gasteiger partial charge is 0.310 e. The zero-order valence-corrected chi connectivity index (χ0v) is 13.7. The Hall–Kier alpha value is -1.61. The Morgan fingerprint density at radius 2 is 1.90 bits per heavy atom. The third-order valence-electron chi connectivity index (χ3n) is 3.85. The van der Waals surface area contributed by atoms with E-state index in [1.54, 1.807) is 0 Å². The van der Waals surface area contributed by atoms with E-state index in [2.05, 4.69) is 61.6 Å². The van der Waals surface area contributed by atoms with Crippen LogP contribution in [0.25, 0.3) is 0 Å². The summed E-state index contributed by atoms with van der Waals surface area (Å²) in [5, 5.41) is 8.27. The van der Waals surface area contributed by atoms with Crippen molar-refractivity contribution in [1.82, 2.24) is 15.1 Å². The van der Waals surface area contributed by atoms with Gasteiger partial charge in [0, 0.05) is 24.8 Å². The summed E-state index contributed by atoms with van der Waals surface area (Å²) in [6.07, 6.45) is 5.31. The van der Waals surface area contributed by atoms with Crippen molar-refractivity contribution in [1.29, 1.82) is 0 Å². The summed E-state index contributed by atoms with van der Waals surface area (Å²) in [5.74, 6) is 0. The number of rotatable bonds is 7. The molecule has 114 valence electrons. The minimum absolute atomic E-state index is 0.344. The van der Waals surface area contributed by atoms with Crippen LogP contribution in [-0.2, 0) is 19.9 Å². The smallest absolute Gasteiger partial charge is 0.0669 e. The number of nitrogens with one attached hydrogen (secondary N) is 1. The first-order chi connectivity index (χ1) is 10.1. The molecular weight excluding hydrogens is 258 g/mol. The van der Waals surface area contributed by atoms with Crippen LogP contribution in [0.3, 0.4) is 0 Å². The van der Waals surface area contributed by atoms with Crippen LogP contribution < -0.4 is 5.32 Å². The number of benzene rings is 1. The van der Waals surface area contributed by atoms with Crippen molar-refractivity contribution in [3.05, 3.63) is 52.8 Å². The van der Waals surface area contributed by atoms with E-state index in [0.29, 0.717) is 6.04 Å². The second-order valence-electron chi connectivity index (χ2n) is 5.75. The van der Waals surface area contributed by atoms with Gasteiger partial charge in [0.05, 0.1) is 5.69 Å². The number of hydrogen-bond acceptors (Lipinski definition) is 2. The average Bonchev–Trinajstić information content (AvgIpc) is 2.86. The van der Waals surface area contributed by atoms with Crippen molar-refractivity contribution in [2.24, 2.45) is 7.05 Å². The molecule has 0 aliphatic rings. The first-order valence-electron chi connectivity index (χ1n) is 7.95. The molecule has 0 bridgehead atoms. The normalized spacial score (nSPS) is 12.6. The fraction of sp³-hybridized carbons (Fsp3) is 0.500. The lowest BCUT2D eigenvalue weighted by molar-refractivity contribution is 0.525. The molecule has 0 radical (unpaired) electrons. The van der Waals surface area contributed by atoms with Gasteiger partial charge in [-0.3, -0.25) is 4.68 Å². The van der Waals surface area contributed by atoms with E-state index in [0.717, 1.165) is 25.8 Å². The monoisotopic (exact) mass is 285 g/mol. The Kier molecular flexibility index (Phi) is 5.57. The number of hydrogen-bond donors (Lipinski definition) is 1. The van der Waals surface area contributed by atoms with Gasteiger partial charge in [-0.25, -0.2) is 0 Å². The molecule has 2 rings (SSSR count). The lowest BCUT2D eigenvalue weighted by Gasteiger charge is -2.19. The summed E-state index contributed by atoms with van der Waals surface area (Å²) in [4.78, 5) is 0. The Labute approximate surface area is 128 Å². The predicted octanol–water partition coefficient (Wildman–Crippen LogP) is 3.57. The van der Waals surface area contributed by atoms with Crippen molar-refractivity contribution < 1.29 is 0 Å². The summed E-state index contributed by atoms with van der Waals surface area (Å²) >= 11 is 0. The maximum Gasteiger partial charge on any atom is 0.0669 e. The van der Waals surface area contributed by atoms with Crippen molar-refractivity contribution >= 4 is 0 Å². The summed E-state index contributed by atoms with van der Waals surface area (Å²) in [5.41, 5.74) is 5.24. The van der Waals surface area contributed by atoms with E-state index in [1.807, 2.05) is 11.7 Å². The van der Waals surface area contributed by atoms with E-state index in [-0.39, 0.29) is 0 Å². The van der Waals surface area contributed by atoms with Crippen LogP contribution in [-0.4, -0.2) is 16.3 Å². The number of nitrogens with zero attached hydrogens (tertiary/aromatic N) is 2. The Morgan fingerprint density at radius 3 is 2.52 bits per heavy atom. The summed E-state index contributed by atoms with van der Waals surface area (Å²) in [6, 6.07) is 9.19. The molecular formula is C18H27N3. The zero-order chi connectivity index (χ0) is 15.2. The molecule has 21 heavy (non-hydrogen) atoms. The molecule has 0 spiro atoms. The summed E-state index contributed by atoms with van der Waals surface area (Å²) in [6.45, 7) is 7.55. The van der Waals surface area contributed by atoms with Crippen molar-refractivity contribution in [3.63, 3.8) is 0 Å². The standard InChI is InChI=1S/C18H27N3/c1-5-11-19-18(12-15-9-7-14(3)8-10-15)16-13-21(4)20-17(16)6-2/h7-10,13,18-19H,5-6,11-12H2,1-4H3. The topological polar surface area (TPSA) is 29.9 Å². The van der Waals surface area contributed by atoms with Gasteiger partial charge in [-0.1, -0.05) is 43.7 Å². The molecule has 1 N–H and O–H groups in total. The zero-order valence-electron chi connectivity index (χ0n) is 13.7. The summed E-state index contributed by atoms with van der Waals surface area (Å²) < 4.78 is 1.93. The molecule has 1 unspecified atom stereocenters. The van der Waals surface area contributed by atoms with Crippen molar-refractivity contribution in [2.75, 3.05) is 6.54 Å². The lowest BCUT2D eigenvalue weighted by atomic mass is 9.97. The van der Waals surface area contributed by atoms with E-state index in [4.69, 9.17) is 0 Å². The van der Waals surface area contributed by atoms with Crippen molar-refractivity contribution in [3.8, 4) is 0 Å². The first-order valence-corrected chi connectivity index (χ1v) is 7.95. The van der Waals surface area contributed by atoms with E-state index in [9.17, 15) is 0 Å². The van der Waals surface area contributed by atoms with Gasteiger partial charge in [0.2, 0.25) is 0 Å². The highest BCUT2D eigenvalue weighted by atomic mass is 15.3. The molecule has 0 aliphatic heterocycles. The van der Waals surface area contributed by atoms with Gasteiger partial charge in [-0.05, 0) is 38.3 Å². The Bertz CT molecular complexity index is 554. The third-order valence-corrected chi connectivity index (χ3v) is 3.85. The van der Waals surface area contributed by atoms with Crippen LogP contribution in [0.2, 0.25) is 0 Å². The maximum absolute atomic E-state index is 4.59. The molecule has 1 atom stereocenters. The van der Waals surface area contributed by atoms with E-state index in [1.165, 1.54) is 22.4 Å².